The number of rotatable bonds is 5. The van der Waals surface area contributed by atoms with Gasteiger partial charge >= 0.3 is 0 Å². The molecule has 1 aromatic carbocycles. The van der Waals surface area contributed by atoms with Crippen LogP contribution in [0.2, 0.25) is 0 Å². The maximum Gasteiger partial charge on any atom is 0.237 e. The van der Waals surface area contributed by atoms with Crippen molar-refractivity contribution in [1.29, 1.82) is 0 Å². The lowest BCUT2D eigenvalue weighted by atomic mass is 10.2. The van der Waals surface area contributed by atoms with Crippen LogP contribution in [0, 0.1) is 0 Å². The van der Waals surface area contributed by atoms with E-state index in [0.29, 0.717) is 5.88 Å². The molecule has 0 bridgehead atoms. The number of piperazine rings is 1. The van der Waals surface area contributed by atoms with Crippen LogP contribution in [0.5, 0.6) is 11.6 Å². The van der Waals surface area contributed by atoms with Crippen LogP contribution >= 0.6 is 0 Å². The van der Waals surface area contributed by atoms with E-state index >= 15 is 0 Å². The van der Waals surface area contributed by atoms with Crippen LogP contribution in [-0.4, -0.2) is 65.1 Å². The Kier molecular flexibility index (Phi) is 5.20. The molecule has 1 unspecified atom stereocenters. The van der Waals surface area contributed by atoms with Crippen molar-refractivity contribution in [3.63, 3.8) is 0 Å². The van der Waals surface area contributed by atoms with E-state index in [4.69, 9.17) is 4.74 Å². The number of aromatic nitrogens is 2. The summed E-state index contributed by atoms with van der Waals surface area (Å²) in [5.74, 6) is 1.32. The minimum absolute atomic E-state index is 0.522. The van der Waals surface area contributed by atoms with Crippen molar-refractivity contribution < 1.29 is 4.74 Å². The van der Waals surface area contributed by atoms with Crippen molar-refractivity contribution in [2.45, 2.75) is 19.0 Å². The Hall–Kier alpha value is -2.02. The number of ether oxygens (including phenoxy) is 1. The van der Waals surface area contributed by atoms with E-state index in [1.165, 1.54) is 38.2 Å². The standard InChI is InChI=1S/C19H25N5O/c1-3-18(25-19-13-21-6-7-22-19)4-2-16(1)14-23-10-5-17(15-23)24-11-8-20-9-12-24/h1-4,6-7,13,17,20H,5,8-12,14-15H2. The first kappa shape index (κ1) is 16.4. The molecule has 132 valence electrons. The van der Waals surface area contributed by atoms with Crippen LogP contribution in [0.3, 0.4) is 0 Å². The van der Waals surface area contributed by atoms with Gasteiger partial charge in [-0.2, -0.15) is 0 Å². The summed E-state index contributed by atoms with van der Waals surface area (Å²) in [5, 5.41) is 3.44. The minimum Gasteiger partial charge on any atom is -0.438 e. The molecule has 0 spiro atoms. The van der Waals surface area contributed by atoms with E-state index in [2.05, 4.69) is 37.2 Å². The van der Waals surface area contributed by atoms with Crippen LogP contribution in [0.4, 0.5) is 0 Å². The number of likely N-dealkylation sites (tertiary alicyclic amines) is 1. The van der Waals surface area contributed by atoms with Gasteiger partial charge in [0.1, 0.15) is 5.75 Å². The van der Waals surface area contributed by atoms with Crippen molar-refractivity contribution in [3.8, 4) is 11.6 Å². The zero-order valence-corrected chi connectivity index (χ0v) is 14.5. The van der Waals surface area contributed by atoms with Crippen molar-refractivity contribution in [2.24, 2.45) is 0 Å². The van der Waals surface area contributed by atoms with Crippen molar-refractivity contribution >= 4 is 0 Å². The molecule has 4 rings (SSSR count). The first-order valence-corrected chi connectivity index (χ1v) is 9.07. The van der Waals surface area contributed by atoms with Gasteiger partial charge in [-0.1, -0.05) is 12.1 Å². The average Bonchev–Trinajstić information content (AvgIpc) is 3.14. The van der Waals surface area contributed by atoms with Gasteiger partial charge in [0.2, 0.25) is 5.88 Å². The molecule has 6 nitrogen and oxygen atoms in total. The van der Waals surface area contributed by atoms with E-state index in [-0.39, 0.29) is 0 Å². The molecule has 2 fully saturated rings. The highest BCUT2D eigenvalue weighted by Crippen LogP contribution is 2.22. The summed E-state index contributed by atoms with van der Waals surface area (Å²) in [5.41, 5.74) is 1.33. The zero-order chi connectivity index (χ0) is 16.9. The van der Waals surface area contributed by atoms with Crippen molar-refractivity contribution in [3.05, 3.63) is 48.4 Å². The monoisotopic (exact) mass is 339 g/mol. The van der Waals surface area contributed by atoms with E-state index in [9.17, 15) is 0 Å². The summed E-state index contributed by atoms with van der Waals surface area (Å²) in [7, 11) is 0. The molecule has 1 N–H and O–H groups in total. The van der Waals surface area contributed by atoms with E-state index in [0.717, 1.165) is 31.4 Å². The van der Waals surface area contributed by atoms with Crippen molar-refractivity contribution in [2.75, 3.05) is 39.3 Å². The van der Waals surface area contributed by atoms with E-state index in [1.807, 2.05) is 12.1 Å². The van der Waals surface area contributed by atoms with Crippen LogP contribution in [0.15, 0.2) is 42.9 Å². The minimum atomic E-state index is 0.522. The Labute approximate surface area is 148 Å². The Morgan fingerprint density at radius 2 is 1.92 bits per heavy atom. The third kappa shape index (κ3) is 4.34. The Morgan fingerprint density at radius 3 is 2.68 bits per heavy atom. The molecule has 0 radical (unpaired) electrons. The maximum atomic E-state index is 5.70. The van der Waals surface area contributed by atoms with Gasteiger partial charge in [-0.25, -0.2) is 4.98 Å². The molecule has 6 heteroatoms. The number of benzene rings is 1. The summed E-state index contributed by atoms with van der Waals surface area (Å²) < 4.78 is 5.70. The molecule has 2 saturated heterocycles. The molecule has 1 aromatic heterocycles. The van der Waals surface area contributed by atoms with Crippen LogP contribution in [0.25, 0.3) is 0 Å². The van der Waals surface area contributed by atoms with Gasteiger partial charge < -0.3 is 10.1 Å². The highest BCUT2D eigenvalue weighted by molar-refractivity contribution is 5.29. The molecule has 0 amide bonds. The maximum absolute atomic E-state index is 5.70. The molecule has 2 aliphatic heterocycles. The number of hydrogen-bond donors (Lipinski definition) is 1. The largest absolute Gasteiger partial charge is 0.438 e. The van der Waals surface area contributed by atoms with Gasteiger partial charge in [0.15, 0.2) is 0 Å². The SMILES string of the molecule is c1cnc(Oc2ccc(CN3CCC(N4CCNCC4)C3)cc2)cn1. The molecule has 0 aliphatic carbocycles. The topological polar surface area (TPSA) is 53.5 Å². The summed E-state index contributed by atoms with van der Waals surface area (Å²) >= 11 is 0. The third-order valence-electron chi connectivity index (χ3n) is 5.01. The van der Waals surface area contributed by atoms with Crippen molar-refractivity contribution in [1.82, 2.24) is 25.1 Å². The zero-order valence-electron chi connectivity index (χ0n) is 14.5. The number of nitrogens with zero attached hydrogens (tertiary/aromatic N) is 4. The Balaban J connectivity index is 1.29. The van der Waals surface area contributed by atoms with Gasteiger partial charge in [0.25, 0.3) is 0 Å². The summed E-state index contributed by atoms with van der Waals surface area (Å²) in [6.45, 7) is 8.01. The smallest absolute Gasteiger partial charge is 0.237 e. The predicted octanol–water partition coefficient (Wildman–Crippen LogP) is 1.75. The molecule has 1 atom stereocenters. The third-order valence-corrected chi connectivity index (χ3v) is 5.01. The van der Waals surface area contributed by atoms with Crippen LogP contribution in [-0.2, 0) is 6.54 Å². The second-order valence-electron chi connectivity index (χ2n) is 6.75. The van der Waals surface area contributed by atoms with Gasteiger partial charge in [-0.05, 0) is 24.1 Å². The highest BCUT2D eigenvalue weighted by atomic mass is 16.5. The molecule has 2 aliphatic rings. The summed E-state index contributed by atoms with van der Waals surface area (Å²) in [6.07, 6.45) is 6.17. The summed E-state index contributed by atoms with van der Waals surface area (Å²) in [4.78, 5) is 13.3. The quantitative estimate of drug-likeness (QED) is 0.896. The van der Waals surface area contributed by atoms with Gasteiger partial charge in [-0.3, -0.25) is 14.8 Å². The lowest BCUT2D eigenvalue weighted by Gasteiger charge is -2.32. The van der Waals surface area contributed by atoms with Gasteiger partial charge in [0.05, 0.1) is 6.20 Å². The highest BCUT2D eigenvalue weighted by Gasteiger charge is 2.28. The first-order valence-electron chi connectivity index (χ1n) is 9.07. The summed E-state index contributed by atoms with van der Waals surface area (Å²) in [6, 6.07) is 9.02. The van der Waals surface area contributed by atoms with Gasteiger partial charge in [-0.15, -0.1) is 0 Å². The Morgan fingerprint density at radius 1 is 1.08 bits per heavy atom. The molecule has 25 heavy (non-hydrogen) atoms. The fraction of sp³-hybridized carbons (Fsp3) is 0.474. The lowest BCUT2D eigenvalue weighted by molar-refractivity contribution is 0.170. The molecule has 3 heterocycles. The fourth-order valence-electron chi connectivity index (χ4n) is 3.68. The van der Waals surface area contributed by atoms with E-state index in [1.54, 1.807) is 18.6 Å². The predicted molar refractivity (Wildman–Crippen MR) is 96.7 cm³/mol. The van der Waals surface area contributed by atoms with E-state index < -0.39 is 0 Å². The average molecular weight is 339 g/mol. The molecular formula is C19H25N5O. The number of nitrogens with one attached hydrogen (secondary N) is 1. The second kappa shape index (κ2) is 7.91. The van der Waals surface area contributed by atoms with Crippen LogP contribution in [0.1, 0.15) is 12.0 Å². The molecule has 0 saturated carbocycles. The fourth-order valence-corrected chi connectivity index (χ4v) is 3.68. The Bertz CT molecular complexity index is 657. The van der Waals surface area contributed by atoms with Crippen LogP contribution < -0.4 is 10.1 Å². The normalized spacial score (nSPS) is 22.2. The second-order valence-corrected chi connectivity index (χ2v) is 6.75. The number of hydrogen-bond acceptors (Lipinski definition) is 6. The van der Waals surface area contributed by atoms with Gasteiger partial charge in [0, 0.05) is 64.2 Å². The molecule has 2 aromatic rings. The first-order chi connectivity index (χ1) is 12.4. The molecular weight excluding hydrogens is 314 g/mol. The lowest BCUT2D eigenvalue weighted by Crippen LogP contribution is -2.49.